The summed E-state index contributed by atoms with van der Waals surface area (Å²) in [6.07, 6.45) is 5.37. The molecule has 1 fully saturated rings. The van der Waals surface area contributed by atoms with Crippen molar-refractivity contribution in [1.29, 1.82) is 0 Å². The van der Waals surface area contributed by atoms with Gasteiger partial charge in [0, 0.05) is 19.5 Å². The van der Waals surface area contributed by atoms with Crippen LogP contribution in [0.15, 0.2) is 16.8 Å². The highest BCUT2D eigenvalue weighted by Gasteiger charge is 2.30. The molecule has 1 heterocycles. The van der Waals surface area contributed by atoms with Gasteiger partial charge >= 0.3 is 0 Å². The summed E-state index contributed by atoms with van der Waals surface area (Å²) >= 11 is 1.63. The molecule has 2 amide bonds. The third kappa shape index (κ3) is 5.06. The van der Waals surface area contributed by atoms with Gasteiger partial charge in [-0.25, -0.2) is 0 Å². The first-order valence-corrected chi connectivity index (χ1v) is 9.49. The Balaban J connectivity index is 1.96. The predicted octanol–water partition coefficient (Wildman–Crippen LogP) is 3.43. The highest BCUT2D eigenvalue weighted by atomic mass is 32.1. The van der Waals surface area contributed by atoms with Crippen molar-refractivity contribution in [1.82, 2.24) is 10.2 Å². The number of nitrogens with one attached hydrogen (secondary N) is 1. The van der Waals surface area contributed by atoms with Crippen molar-refractivity contribution in [3.63, 3.8) is 0 Å². The largest absolute Gasteiger partial charge is 0.344 e. The van der Waals surface area contributed by atoms with Crippen LogP contribution in [-0.4, -0.2) is 29.8 Å². The van der Waals surface area contributed by atoms with Gasteiger partial charge in [0.15, 0.2) is 0 Å². The zero-order chi connectivity index (χ0) is 16.8. The summed E-state index contributed by atoms with van der Waals surface area (Å²) in [7, 11) is 1.81. The lowest BCUT2D eigenvalue weighted by Gasteiger charge is -2.29. The molecule has 1 aromatic rings. The number of carbonyl (C=O) groups is 2. The number of thiophene rings is 1. The summed E-state index contributed by atoms with van der Waals surface area (Å²) in [6, 6.07) is 1.59. The number of rotatable bonds is 6. The quantitative estimate of drug-likeness (QED) is 0.865. The fourth-order valence-electron chi connectivity index (χ4n) is 3.12. The Morgan fingerprint density at radius 2 is 2.00 bits per heavy atom. The van der Waals surface area contributed by atoms with Gasteiger partial charge in [0.05, 0.1) is 0 Å². The Bertz CT molecular complexity index is 507. The summed E-state index contributed by atoms with van der Waals surface area (Å²) in [5.74, 6) is 0.219. The minimum Gasteiger partial charge on any atom is -0.344 e. The van der Waals surface area contributed by atoms with E-state index in [1.807, 2.05) is 32.3 Å². The Morgan fingerprint density at radius 1 is 1.30 bits per heavy atom. The fourth-order valence-corrected chi connectivity index (χ4v) is 3.78. The second-order valence-electron chi connectivity index (χ2n) is 6.89. The Morgan fingerprint density at radius 3 is 2.57 bits per heavy atom. The average Bonchev–Trinajstić information content (AvgIpc) is 3.05. The molecule has 0 spiro atoms. The van der Waals surface area contributed by atoms with Crippen molar-refractivity contribution in [3.8, 4) is 0 Å². The van der Waals surface area contributed by atoms with Crippen LogP contribution < -0.4 is 5.32 Å². The minimum absolute atomic E-state index is 0.00430. The van der Waals surface area contributed by atoms with Crippen LogP contribution in [0, 0.1) is 11.8 Å². The van der Waals surface area contributed by atoms with E-state index in [4.69, 9.17) is 0 Å². The molecule has 4 nitrogen and oxygen atoms in total. The van der Waals surface area contributed by atoms with Crippen molar-refractivity contribution >= 4 is 23.2 Å². The minimum atomic E-state index is -0.437. The topological polar surface area (TPSA) is 49.4 Å². The molecule has 0 aliphatic heterocycles. The van der Waals surface area contributed by atoms with E-state index >= 15 is 0 Å². The Hall–Kier alpha value is -1.36. The van der Waals surface area contributed by atoms with Crippen molar-refractivity contribution in [2.45, 2.75) is 58.5 Å². The maximum absolute atomic E-state index is 12.7. The van der Waals surface area contributed by atoms with E-state index in [2.05, 4.69) is 10.7 Å². The van der Waals surface area contributed by atoms with E-state index in [0.717, 1.165) is 31.2 Å². The summed E-state index contributed by atoms with van der Waals surface area (Å²) in [5.41, 5.74) is 1.13. The van der Waals surface area contributed by atoms with Gasteiger partial charge in [0.25, 0.3) is 0 Å². The van der Waals surface area contributed by atoms with Gasteiger partial charge in [-0.2, -0.15) is 11.3 Å². The van der Waals surface area contributed by atoms with E-state index in [-0.39, 0.29) is 23.7 Å². The predicted molar refractivity (Wildman–Crippen MR) is 94.1 cm³/mol. The normalized spacial score (nSPS) is 17.0. The number of nitrogens with zero attached hydrogens (tertiary/aromatic N) is 1. The number of likely N-dealkylation sites (N-methyl/N-ethyl adjacent to an activating group) is 1. The Labute approximate surface area is 143 Å². The maximum Gasteiger partial charge on any atom is 0.245 e. The highest BCUT2D eigenvalue weighted by molar-refractivity contribution is 7.07. The standard InChI is InChI=1S/C18H28N2O2S/c1-13(2)16(19-17(21)15-7-5-4-6-8-15)18(22)20(3)11-14-9-10-23-12-14/h9-10,12-13,15-16H,4-8,11H2,1-3H3,(H,19,21)/t16-/m0/s1. The molecule has 1 aliphatic carbocycles. The second-order valence-corrected chi connectivity index (χ2v) is 7.67. The number of amides is 2. The third-order valence-electron chi connectivity index (χ3n) is 4.58. The number of hydrogen-bond acceptors (Lipinski definition) is 3. The molecule has 1 atom stereocenters. The molecular weight excluding hydrogens is 308 g/mol. The smallest absolute Gasteiger partial charge is 0.245 e. The molecule has 1 aliphatic rings. The van der Waals surface area contributed by atoms with Crippen molar-refractivity contribution in [3.05, 3.63) is 22.4 Å². The van der Waals surface area contributed by atoms with E-state index in [1.165, 1.54) is 6.42 Å². The maximum atomic E-state index is 12.7. The van der Waals surface area contributed by atoms with Crippen LogP contribution in [0.1, 0.15) is 51.5 Å². The van der Waals surface area contributed by atoms with Gasteiger partial charge in [-0.3, -0.25) is 9.59 Å². The monoisotopic (exact) mass is 336 g/mol. The molecule has 0 unspecified atom stereocenters. The van der Waals surface area contributed by atoms with Crippen molar-refractivity contribution in [2.24, 2.45) is 11.8 Å². The van der Waals surface area contributed by atoms with Gasteiger partial charge in [-0.05, 0) is 41.1 Å². The molecule has 0 bridgehead atoms. The van der Waals surface area contributed by atoms with E-state index in [0.29, 0.717) is 6.54 Å². The molecule has 2 rings (SSSR count). The Kier molecular flexibility index (Phi) is 6.63. The highest BCUT2D eigenvalue weighted by Crippen LogP contribution is 2.24. The lowest BCUT2D eigenvalue weighted by Crippen LogP contribution is -2.51. The molecule has 5 heteroatoms. The molecule has 0 saturated heterocycles. The fraction of sp³-hybridized carbons (Fsp3) is 0.667. The molecular formula is C18H28N2O2S. The second kappa shape index (κ2) is 8.48. The SMILES string of the molecule is CC(C)[C@H](NC(=O)C1CCCCC1)C(=O)N(C)Cc1ccsc1. The molecule has 23 heavy (non-hydrogen) atoms. The first kappa shape index (κ1) is 18.0. The average molecular weight is 337 g/mol. The summed E-state index contributed by atoms with van der Waals surface area (Å²) in [4.78, 5) is 26.9. The van der Waals surface area contributed by atoms with Crippen LogP contribution in [0.3, 0.4) is 0 Å². The first-order valence-electron chi connectivity index (χ1n) is 8.55. The van der Waals surface area contributed by atoms with Crippen LogP contribution in [0.25, 0.3) is 0 Å². The van der Waals surface area contributed by atoms with Gasteiger partial charge < -0.3 is 10.2 Å². The van der Waals surface area contributed by atoms with Crippen LogP contribution in [0.4, 0.5) is 0 Å². The van der Waals surface area contributed by atoms with Crippen molar-refractivity contribution < 1.29 is 9.59 Å². The molecule has 0 aromatic carbocycles. The zero-order valence-electron chi connectivity index (χ0n) is 14.4. The van der Waals surface area contributed by atoms with Gasteiger partial charge in [0.2, 0.25) is 11.8 Å². The molecule has 0 radical (unpaired) electrons. The third-order valence-corrected chi connectivity index (χ3v) is 5.31. The van der Waals surface area contributed by atoms with Gasteiger partial charge in [-0.15, -0.1) is 0 Å². The molecule has 1 N–H and O–H groups in total. The van der Waals surface area contributed by atoms with Crippen LogP contribution in [-0.2, 0) is 16.1 Å². The first-order chi connectivity index (χ1) is 11.0. The summed E-state index contributed by atoms with van der Waals surface area (Å²) in [6.45, 7) is 4.56. The summed E-state index contributed by atoms with van der Waals surface area (Å²) < 4.78 is 0. The van der Waals surface area contributed by atoms with E-state index in [9.17, 15) is 9.59 Å². The zero-order valence-corrected chi connectivity index (χ0v) is 15.2. The van der Waals surface area contributed by atoms with Crippen LogP contribution in [0.2, 0.25) is 0 Å². The lowest BCUT2D eigenvalue weighted by molar-refractivity contribution is -0.138. The number of carbonyl (C=O) groups excluding carboxylic acids is 2. The van der Waals surface area contributed by atoms with Gasteiger partial charge in [0.1, 0.15) is 6.04 Å². The van der Waals surface area contributed by atoms with Crippen LogP contribution >= 0.6 is 11.3 Å². The summed E-state index contributed by atoms with van der Waals surface area (Å²) in [5, 5.41) is 7.08. The van der Waals surface area contributed by atoms with E-state index in [1.54, 1.807) is 16.2 Å². The van der Waals surface area contributed by atoms with Crippen molar-refractivity contribution in [2.75, 3.05) is 7.05 Å². The number of hydrogen-bond donors (Lipinski definition) is 1. The lowest BCUT2D eigenvalue weighted by atomic mass is 9.88. The van der Waals surface area contributed by atoms with Gasteiger partial charge in [-0.1, -0.05) is 33.1 Å². The molecule has 1 saturated carbocycles. The molecule has 128 valence electrons. The van der Waals surface area contributed by atoms with Crippen LogP contribution in [0.5, 0.6) is 0 Å². The van der Waals surface area contributed by atoms with E-state index < -0.39 is 6.04 Å². The molecule has 1 aromatic heterocycles.